The van der Waals surface area contributed by atoms with Gasteiger partial charge >= 0.3 is 5.97 Å². The fourth-order valence-corrected chi connectivity index (χ4v) is 2.89. The summed E-state index contributed by atoms with van der Waals surface area (Å²) in [5.41, 5.74) is 1.75. The van der Waals surface area contributed by atoms with Crippen molar-refractivity contribution >= 4 is 17.7 Å². The first kappa shape index (κ1) is 18.2. The van der Waals surface area contributed by atoms with Crippen molar-refractivity contribution in [3.8, 4) is 0 Å². The lowest BCUT2D eigenvalue weighted by molar-refractivity contribution is -0.151. The SMILES string of the molecule is CCOC(=O)C1CCN(C(=O)CCC(=O)c2ccc(C)cc2)CC1. The number of likely N-dealkylation sites (tertiary alicyclic amines) is 1. The summed E-state index contributed by atoms with van der Waals surface area (Å²) in [5, 5.41) is 0. The van der Waals surface area contributed by atoms with E-state index in [1.165, 1.54) is 0 Å². The summed E-state index contributed by atoms with van der Waals surface area (Å²) in [6.07, 6.45) is 1.71. The lowest BCUT2D eigenvalue weighted by Crippen LogP contribution is -2.40. The number of hydrogen-bond acceptors (Lipinski definition) is 4. The van der Waals surface area contributed by atoms with Crippen LogP contribution in [0.15, 0.2) is 24.3 Å². The Balaban J connectivity index is 1.76. The quantitative estimate of drug-likeness (QED) is 0.594. The van der Waals surface area contributed by atoms with Crippen LogP contribution in [0.4, 0.5) is 0 Å². The summed E-state index contributed by atoms with van der Waals surface area (Å²) < 4.78 is 5.03. The van der Waals surface area contributed by atoms with Gasteiger partial charge in [0.1, 0.15) is 0 Å². The third kappa shape index (κ3) is 4.91. The Hall–Kier alpha value is -2.17. The van der Waals surface area contributed by atoms with E-state index in [0.717, 1.165) is 5.56 Å². The van der Waals surface area contributed by atoms with Crippen molar-refractivity contribution in [3.05, 3.63) is 35.4 Å². The van der Waals surface area contributed by atoms with Crippen LogP contribution >= 0.6 is 0 Å². The van der Waals surface area contributed by atoms with Gasteiger partial charge in [0.15, 0.2) is 5.78 Å². The van der Waals surface area contributed by atoms with Gasteiger partial charge in [-0.05, 0) is 26.7 Å². The molecule has 0 atom stereocenters. The molecule has 0 unspecified atom stereocenters. The first-order chi connectivity index (χ1) is 11.5. The minimum Gasteiger partial charge on any atom is -0.466 e. The van der Waals surface area contributed by atoms with Gasteiger partial charge in [0, 0.05) is 31.5 Å². The molecule has 1 amide bonds. The lowest BCUT2D eigenvalue weighted by Gasteiger charge is -2.30. The van der Waals surface area contributed by atoms with Gasteiger partial charge in [-0.25, -0.2) is 0 Å². The Bertz CT molecular complexity index is 586. The molecule has 0 bridgehead atoms. The number of aryl methyl sites for hydroxylation is 1. The van der Waals surface area contributed by atoms with Gasteiger partial charge in [-0.15, -0.1) is 0 Å². The number of carbonyl (C=O) groups is 3. The number of nitrogens with zero attached hydrogens (tertiary/aromatic N) is 1. The van der Waals surface area contributed by atoms with Gasteiger partial charge < -0.3 is 9.64 Å². The number of benzene rings is 1. The maximum absolute atomic E-state index is 12.2. The largest absolute Gasteiger partial charge is 0.466 e. The fourth-order valence-electron chi connectivity index (χ4n) is 2.89. The van der Waals surface area contributed by atoms with Crippen molar-refractivity contribution < 1.29 is 19.1 Å². The number of rotatable bonds is 6. The van der Waals surface area contributed by atoms with Crippen molar-refractivity contribution in [3.63, 3.8) is 0 Å². The smallest absolute Gasteiger partial charge is 0.309 e. The number of esters is 1. The molecular weight excluding hydrogens is 306 g/mol. The second-order valence-electron chi connectivity index (χ2n) is 6.20. The van der Waals surface area contributed by atoms with Gasteiger partial charge in [0.2, 0.25) is 5.91 Å². The summed E-state index contributed by atoms with van der Waals surface area (Å²) in [7, 11) is 0. The fraction of sp³-hybridized carbons (Fsp3) is 0.526. The highest BCUT2D eigenvalue weighted by molar-refractivity contribution is 5.98. The molecule has 0 N–H and O–H groups in total. The van der Waals surface area contributed by atoms with Crippen LogP contribution in [-0.4, -0.2) is 42.3 Å². The molecule has 5 nitrogen and oxygen atoms in total. The van der Waals surface area contributed by atoms with Crippen LogP contribution in [0.2, 0.25) is 0 Å². The number of Topliss-reactive ketones (excluding diaryl/α,β-unsaturated/α-hetero) is 1. The van der Waals surface area contributed by atoms with E-state index in [2.05, 4.69) is 0 Å². The molecule has 0 aromatic heterocycles. The minimum atomic E-state index is -0.167. The maximum Gasteiger partial charge on any atom is 0.309 e. The van der Waals surface area contributed by atoms with E-state index in [9.17, 15) is 14.4 Å². The number of hydrogen-bond donors (Lipinski definition) is 0. The minimum absolute atomic E-state index is 0.00948. The van der Waals surface area contributed by atoms with E-state index in [1.807, 2.05) is 19.1 Å². The molecule has 5 heteroatoms. The summed E-state index contributed by atoms with van der Waals surface area (Å²) >= 11 is 0. The average molecular weight is 331 g/mol. The van der Waals surface area contributed by atoms with E-state index in [-0.39, 0.29) is 36.4 Å². The predicted molar refractivity (Wildman–Crippen MR) is 90.7 cm³/mol. The average Bonchev–Trinajstić information content (AvgIpc) is 2.60. The molecular formula is C19H25NO4. The number of amides is 1. The van der Waals surface area contributed by atoms with Crippen LogP contribution in [0, 0.1) is 12.8 Å². The molecule has 130 valence electrons. The Morgan fingerprint density at radius 2 is 1.71 bits per heavy atom. The molecule has 1 aliphatic heterocycles. The molecule has 1 heterocycles. The molecule has 1 aromatic rings. The molecule has 24 heavy (non-hydrogen) atoms. The zero-order chi connectivity index (χ0) is 17.5. The number of carbonyl (C=O) groups excluding carboxylic acids is 3. The second-order valence-corrected chi connectivity index (χ2v) is 6.20. The number of ketones is 1. The van der Waals surface area contributed by atoms with E-state index in [0.29, 0.717) is 38.1 Å². The molecule has 0 spiro atoms. The van der Waals surface area contributed by atoms with E-state index < -0.39 is 0 Å². The van der Waals surface area contributed by atoms with Crippen molar-refractivity contribution in [2.45, 2.75) is 39.5 Å². The van der Waals surface area contributed by atoms with Crippen molar-refractivity contribution in [2.24, 2.45) is 5.92 Å². The zero-order valence-corrected chi connectivity index (χ0v) is 14.4. The monoisotopic (exact) mass is 331 g/mol. The van der Waals surface area contributed by atoms with Crippen LogP contribution in [-0.2, 0) is 14.3 Å². The predicted octanol–water partition coefficient (Wildman–Crippen LogP) is 2.76. The Morgan fingerprint density at radius 1 is 1.08 bits per heavy atom. The van der Waals surface area contributed by atoms with Crippen LogP contribution in [0.3, 0.4) is 0 Å². The van der Waals surface area contributed by atoms with Gasteiger partial charge in [-0.1, -0.05) is 29.8 Å². The Labute approximate surface area is 143 Å². The molecule has 0 saturated carbocycles. The third-order valence-corrected chi connectivity index (χ3v) is 4.41. The van der Waals surface area contributed by atoms with Gasteiger partial charge in [-0.3, -0.25) is 14.4 Å². The second kappa shape index (κ2) is 8.62. The van der Waals surface area contributed by atoms with Crippen molar-refractivity contribution in [1.29, 1.82) is 0 Å². The molecule has 1 aromatic carbocycles. The standard InChI is InChI=1S/C19H25NO4/c1-3-24-19(23)16-10-12-20(13-11-16)18(22)9-8-17(21)15-6-4-14(2)5-7-15/h4-7,16H,3,8-13H2,1-2H3. The van der Waals surface area contributed by atoms with Crippen LogP contribution in [0.25, 0.3) is 0 Å². The maximum atomic E-state index is 12.2. The normalized spacial score (nSPS) is 15.2. The summed E-state index contributed by atoms with van der Waals surface area (Å²) in [6, 6.07) is 7.39. The van der Waals surface area contributed by atoms with Crippen LogP contribution in [0.5, 0.6) is 0 Å². The van der Waals surface area contributed by atoms with Crippen LogP contribution < -0.4 is 0 Å². The molecule has 1 aliphatic rings. The third-order valence-electron chi connectivity index (χ3n) is 4.41. The van der Waals surface area contributed by atoms with E-state index in [1.54, 1.807) is 24.0 Å². The number of ether oxygens (including phenoxy) is 1. The van der Waals surface area contributed by atoms with E-state index in [4.69, 9.17) is 4.74 Å². The molecule has 2 rings (SSSR count). The highest BCUT2D eigenvalue weighted by Gasteiger charge is 2.28. The first-order valence-electron chi connectivity index (χ1n) is 8.55. The lowest BCUT2D eigenvalue weighted by atomic mass is 9.96. The topological polar surface area (TPSA) is 63.7 Å². The highest BCUT2D eigenvalue weighted by Crippen LogP contribution is 2.20. The molecule has 0 aliphatic carbocycles. The molecule has 1 fully saturated rings. The Kier molecular flexibility index (Phi) is 6.53. The zero-order valence-electron chi connectivity index (χ0n) is 14.4. The molecule has 0 radical (unpaired) electrons. The van der Waals surface area contributed by atoms with E-state index >= 15 is 0 Å². The van der Waals surface area contributed by atoms with Crippen molar-refractivity contribution in [1.82, 2.24) is 4.90 Å². The highest BCUT2D eigenvalue weighted by atomic mass is 16.5. The Morgan fingerprint density at radius 3 is 2.29 bits per heavy atom. The first-order valence-corrected chi connectivity index (χ1v) is 8.55. The summed E-state index contributed by atoms with van der Waals surface area (Å²) in [4.78, 5) is 37.8. The van der Waals surface area contributed by atoms with Gasteiger partial charge in [-0.2, -0.15) is 0 Å². The van der Waals surface area contributed by atoms with Crippen molar-refractivity contribution in [2.75, 3.05) is 19.7 Å². The molecule has 1 saturated heterocycles. The van der Waals surface area contributed by atoms with Gasteiger partial charge in [0.25, 0.3) is 0 Å². The number of piperidine rings is 1. The summed E-state index contributed by atoms with van der Waals surface area (Å²) in [5.74, 6) is -0.301. The van der Waals surface area contributed by atoms with Crippen LogP contribution in [0.1, 0.15) is 48.5 Å². The summed E-state index contributed by atoms with van der Waals surface area (Å²) in [6.45, 7) is 5.26. The van der Waals surface area contributed by atoms with Gasteiger partial charge in [0.05, 0.1) is 12.5 Å².